The Kier molecular flexibility index (Phi) is 57.4. The molecule has 0 aromatic rings. The van der Waals surface area contributed by atoms with Gasteiger partial charge in [-0.15, -0.1) is 0 Å². The highest BCUT2D eigenvalue weighted by Crippen LogP contribution is 2.45. The first-order valence-corrected chi connectivity index (χ1v) is 37.2. The first-order chi connectivity index (χ1) is 40.6. The molecule has 84 heavy (non-hydrogen) atoms. The van der Waals surface area contributed by atoms with Crippen molar-refractivity contribution in [3.63, 3.8) is 0 Å². The van der Waals surface area contributed by atoms with Crippen LogP contribution in [0.15, 0.2) is 0 Å². The van der Waals surface area contributed by atoms with Crippen LogP contribution in [0.5, 0.6) is 0 Å². The van der Waals surface area contributed by atoms with Gasteiger partial charge < -0.3 is 33.8 Å². The van der Waals surface area contributed by atoms with Gasteiger partial charge in [0.2, 0.25) is 0 Å². The highest BCUT2D eigenvalue weighted by molar-refractivity contribution is 7.47. The predicted molar refractivity (Wildman–Crippen MR) is 335 cm³/mol. The maximum atomic E-state index is 13.0. The molecule has 3 N–H and O–H groups in total. The zero-order valence-electron chi connectivity index (χ0n) is 54.0. The third-order valence-electron chi connectivity index (χ3n) is 15.4. The second kappa shape index (κ2) is 58.7. The summed E-state index contributed by atoms with van der Waals surface area (Å²) in [7, 11) is -9.88. The van der Waals surface area contributed by atoms with E-state index in [1.165, 1.54) is 141 Å². The molecule has 0 heterocycles. The Morgan fingerprint density at radius 2 is 0.571 bits per heavy atom. The van der Waals surface area contributed by atoms with Crippen molar-refractivity contribution in [2.45, 2.75) is 348 Å². The summed E-state index contributed by atoms with van der Waals surface area (Å²) in [6, 6.07) is 0. The first-order valence-electron chi connectivity index (χ1n) is 34.2. The Morgan fingerprint density at radius 1 is 0.333 bits per heavy atom. The molecule has 0 bridgehead atoms. The molecule has 498 valence electrons. The number of ether oxygens (including phenoxy) is 4. The van der Waals surface area contributed by atoms with Gasteiger partial charge in [-0.3, -0.25) is 37.3 Å². The molecule has 6 atom stereocenters. The van der Waals surface area contributed by atoms with E-state index in [9.17, 15) is 43.2 Å². The van der Waals surface area contributed by atoms with Crippen LogP contribution in [-0.2, 0) is 65.4 Å². The lowest BCUT2D eigenvalue weighted by molar-refractivity contribution is -0.161. The van der Waals surface area contributed by atoms with Crippen LogP contribution in [-0.4, -0.2) is 96.7 Å². The van der Waals surface area contributed by atoms with Crippen LogP contribution in [0.2, 0.25) is 0 Å². The van der Waals surface area contributed by atoms with Gasteiger partial charge in [0.05, 0.1) is 26.4 Å². The molecule has 0 saturated heterocycles. The third-order valence-corrected chi connectivity index (χ3v) is 17.3. The Hall–Kier alpha value is -1.94. The molecule has 0 amide bonds. The molecule has 17 nitrogen and oxygen atoms in total. The van der Waals surface area contributed by atoms with E-state index in [0.717, 1.165) is 109 Å². The largest absolute Gasteiger partial charge is 0.472 e. The van der Waals surface area contributed by atoms with Gasteiger partial charge in [0, 0.05) is 25.7 Å². The van der Waals surface area contributed by atoms with Crippen LogP contribution in [0.3, 0.4) is 0 Å². The van der Waals surface area contributed by atoms with Gasteiger partial charge in [0.25, 0.3) is 0 Å². The van der Waals surface area contributed by atoms with Gasteiger partial charge in [-0.05, 0) is 31.6 Å². The van der Waals surface area contributed by atoms with Crippen molar-refractivity contribution in [2.24, 2.45) is 5.92 Å². The van der Waals surface area contributed by atoms with Crippen molar-refractivity contribution in [2.75, 3.05) is 39.6 Å². The molecule has 0 spiro atoms. The second-order valence-corrected chi connectivity index (χ2v) is 26.7. The maximum Gasteiger partial charge on any atom is 0.472 e. The summed E-state index contributed by atoms with van der Waals surface area (Å²) < 4.78 is 68.0. The minimum Gasteiger partial charge on any atom is -0.462 e. The van der Waals surface area contributed by atoms with E-state index in [0.29, 0.717) is 25.7 Å². The smallest absolute Gasteiger partial charge is 0.462 e. The number of hydrogen-bond acceptors (Lipinski definition) is 15. The molecule has 0 saturated carbocycles. The molecule has 0 radical (unpaired) electrons. The Balaban J connectivity index is 5.21. The molecule has 0 fully saturated rings. The van der Waals surface area contributed by atoms with Gasteiger partial charge in [-0.2, -0.15) is 0 Å². The number of phosphoric ester groups is 2. The lowest BCUT2D eigenvalue weighted by Crippen LogP contribution is -2.30. The fourth-order valence-corrected chi connectivity index (χ4v) is 11.3. The van der Waals surface area contributed by atoms with Crippen molar-refractivity contribution >= 4 is 39.5 Å². The van der Waals surface area contributed by atoms with Gasteiger partial charge in [-0.1, -0.05) is 279 Å². The fourth-order valence-electron chi connectivity index (χ4n) is 9.73. The van der Waals surface area contributed by atoms with E-state index in [1.54, 1.807) is 0 Å². The van der Waals surface area contributed by atoms with Gasteiger partial charge in [0.15, 0.2) is 12.2 Å². The lowest BCUT2D eigenvalue weighted by Gasteiger charge is -2.21. The molecule has 0 rings (SSSR count). The number of phosphoric acid groups is 2. The van der Waals surface area contributed by atoms with Crippen molar-refractivity contribution in [1.82, 2.24) is 0 Å². The predicted octanol–water partition coefficient (Wildman–Crippen LogP) is 18.2. The summed E-state index contributed by atoms with van der Waals surface area (Å²) in [5, 5.41) is 10.5. The number of esters is 4. The molecule has 0 aromatic heterocycles. The van der Waals surface area contributed by atoms with Crippen LogP contribution in [0.1, 0.15) is 330 Å². The monoisotopic (exact) mass is 1240 g/mol. The van der Waals surface area contributed by atoms with Crippen LogP contribution in [0, 0.1) is 5.92 Å². The molecule has 3 unspecified atom stereocenters. The molecule has 0 aliphatic rings. The quantitative estimate of drug-likeness (QED) is 0.0222. The molecular weight excluding hydrogens is 1110 g/mol. The summed E-state index contributed by atoms with van der Waals surface area (Å²) in [6.45, 7) is 7.16. The Morgan fingerprint density at radius 3 is 0.845 bits per heavy atom. The number of aliphatic hydroxyl groups is 1. The zero-order valence-corrected chi connectivity index (χ0v) is 55.8. The van der Waals surface area contributed by atoms with E-state index in [4.69, 9.17) is 37.0 Å². The second-order valence-electron chi connectivity index (χ2n) is 23.7. The van der Waals surface area contributed by atoms with E-state index < -0.39 is 97.5 Å². The average molecular weight is 1240 g/mol. The van der Waals surface area contributed by atoms with Gasteiger partial charge in [0.1, 0.15) is 19.3 Å². The zero-order chi connectivity index (χ0) is 62.0. The maximum absolute atomic E-state index is 13.0. The van der Waals surface area contributed by atoms with E-state index in [2.05, 4.69) is 34.6 Å². The third kappa shape index (κ3) is 57.8. The van der Waals surface area contributed by atoms with Crippen molar-refractivity contribution in [3.05, 3.63) is 0 Å². The number of hydrogen-bond donors (Lipinski definition) is 3. The number of unbranched alkanes of at least 4 members (excludes halogenated alkanes) is 36. The highest BCUT2D eigenvalue weighted by Gasteiger charge is 2.30. The van der Waals surface area contributed by atoms with Crippen LogP contribution in [0.4, 0.5) is 0 Å². The molecule has 19 heteroatoms. The summed E-state index contributed by atoms with van der Waals surface area (Å²) in [6.07, 6.45) is 43.0. The van der Waals surface area contributed by atoms with Crippen LogP contribution < -0.4 is 0 Å². The molecular formula is C65H126O17P2. The van der Waals surface area contributed by atoms with Crippen molar-refractivity contribution < 1.29 is 80.2 Å². The summed E-state index contributed by atoms with van der Waals surface area (Å²) in [5.74, 6) is -1.36. The standard InChI is InChI=1S/C65H126O17P2/c1-6-10-13-16-19-21-23-24-25-26-27-29-36-41-46-51-65(70)82-61(55-76-63(68)49-44-39-34-31-30-33-37-42-47-58(5)9-4)57-80-84(73,74)78-53-59(66)52-77-83(71,72)79-56-60(54-75-62(67)48-43-38-32-18-15-12-8-3)81-64(69)50-45-40-35-28-22-20-17-14-11-7-2/h58-61,66H,6-57H2,1-5H3,(H,71,72)(H,73,74)/t58?,59-,60+,61+/m0/s1. The summed E-state index contributed by atoms with van der Waals surface area (Å²) >= 11 is 0. The molecule has 0 aromatic carbocycles. The minimum absolute atomic E-state index is 0.106. The van der Waals surface area contributed by atoms with Crippen molar-refractivity contribution in [1.29, 1.82) is 0 Å². The minimum atomic E-state index is -4.94. The lowest BCUT2D eigenvalue weighted by atomic mass is 9.99. The molecule has 0 aliphatic carbocycles. The number of aliphatic hydroxyl groups excluding tert-OH is 1. The topological polar surface area (TPSA) is 237 Å². The number of carbonyl (C=O) groups excluding carboxylic acids is 4. The SMILES string of the molecule is CCCCCCCCCCCCCCCCCC(=O)O[C@H](COC(=O)CCCCCCCCCCC(C)CC)COP(=O)(O)OC[C@@H](O)COP(=O)(O)OC[C@@H](COC(=O)CCCCCCCCC)OC(=O)CCCCCCCCCCCC. The summed E-state index contributed by atoms with van der Waals surface area (Å²) in [5.41, 5.74) is 0. The Labute approximate surface area is 511 Å². The normalized spacial score (nSPS) is 14.5. The average Bonchev–Trinajstić information content (AvgIpc) is 3.59. The van der Waals surface area contributed by atoms with E-state index in [-0.39, 0.29) is 25.7 Å². The van der Waals surface area contributed by atoms with Gasteiger partial charge in [-0.25, -0.2) is 9.13 Å². The number of carbonyl (C=O) groups is 4. The first kappa shape index (κ1) is 82.1. The van der Waals surface area contributed by atoms with Crippen LogP contribution in [0.25, 0.3) is 0 Å². The summed E-state index contributed by atoms with van der Waals surface area (Å²) in [4.78, 5) is 72.2. The Bertz CT molecular complexity index is 1640. The molecule has 0 aliphatic heterocycles. The van der Waals surface area contributed by atoms with E-state index >= 15 is 0 Å². The van der Waals surface area contributed by atoms with Crippen molar-refractivity contribution in [3.8, 4) is 0 Å². The highest BCUT2D eigenvalue weighted by atomic mass is 31.2. The number of rotatable bonds is 65. The van der Waals surface area contributed by atoms with Crippen LogP contribution >= 0.6 is 15.6 Å². The fraction of sp³-hybridized carbons (Fsp3) is 0.938. The van der Waals surface area contributed by atoms with Gasteiger partial charge >= 0.3 is 39.5 Å². The van der Waals surface area contributed by atoms with E-state index in [1.807, 2.05) is 0 Å².